The minimum Gasteiger partial charge on any atom is -0.303 e. The van der Waals surface area contributed by atoms with Crippen LogP contribution in [0, 0.1) is 10.1 Å². The number of benzene rings is 2. The summed E-state index contributed by atoms with van der Waals surface area (Å²) in [6.07, 6.45) is 1.30. The third kappa shape index (κ3) is 4.51. The van der Waals surface area contributed by atoms with Crippen LogP contribution in [0.5, 0.6) is 0 Å². The molecule has 1 amide bonds. The van der Waals surface area contributed by atoms with Crippen molar-refractivity contribution in [3.8, 4) is 0 Å². The van der Waals surface area contributed by atoms with Crippen LogP contribution in [0.15, 0.2) is 66.4 Å². The molecule has 24 heavy (non-hydrogen) atoms. The Kier molecular flexibility index (Phi) is 5.40. The molecule has 7 heteroatoms. The number of nitrogens with zero attached hydrogens (tertiary/aromatic N) is 1. The molecule has 0 heterocycles. The number of hydrogen-bond donors (Lipinski definition) is 2. The zero-order valence-electron chi connectivity index (χ0n) is 12.9. The topological polar surface area (TPSA) is 101 Å². The summed E-state index contributed by atoms with van der Waals surface area (Å²) in [5.41, 5.74) is 6.28. The van der Waals surface area contributed by atoms with E-state index in [2.05, 4.69) is 10.9 Å². The lowest BCUT2D eigenvalue weighted by molar-refractivity contribution is -0.384. The van der Waals surface area contributed by atoms with Crippen LogP contribution in [-0.2, 0) is 0 Å². The summed E-state index contributed by atoms with van der Waals surface area (Å²) in [5, 5.41) is 10.6. The molecule has 2 aromatic carbocycles. The summed E-state index contributed by atoms with van der Waals surface area (Å²) >= 11 is 0. The predicted molar refractivity (Wildman–Crippen MR) is 88.2 cm³/mol. The van der Waals surface area contributed by atoms with E-state index in [0.29, 0.717) is 16.8 Å². The van der Waals surface area contributed by atoms with E-state index < -0.39 is 4.92 Å². The molecule has 0 aromatic heterocycles. The summed E-state index contributed by atoms with van der Waals surface area (Å²) in [6.45, 7) is 1.62. The fourth-order valence-corrected chi connectivity index (χ4v) is 1.88. The van der Waals surface area contributed by atoms with Crippen LogP contribution < -0.4 is 10.9 Å². The number of nitro groups is 1. The number of ketones is 1. The normalized spacial score (nSPS) is 10.8. The maximum absolute atomic E-state index is 12.1. The monoisotopic (exact) mass is 325 g/mol. The molecule has 2 aromatic rings. The summed E-state index contributed by atoms with van der Waals surface area (Å²) in [4.78, 5) is 34.0. The quantitative estimate of drug-likeness (QED) is 0.368. The van der Waals surface area contributed by atoms with Gasteiger partial charge in [-0.1, -0.05) is 18.2 Å². The molecule has 0 saturated carbocycles. The molecule has 0 aliphatic carbocycles. The molecule has 0 atom stereocenters. The van der Waals surface area contributed by atoms with Crippen LogP contribution >= 0.6 is 0 Å². The SMILES string of the molecule is CC(=CC(=O)c1ccc([N+](=O)[O-])cc1)NNC(=O)c1ccccc1. The Labute approximate surface area is 138 Å². The van der Waals surface area contributed by atoms with Crippen LogP contribution in [0.4, 0.5) is 5.69 Å². The second-order valence-corrected chi connectivity index (χ2v) is 4.94. The first-order chi connectivity index (χ1) is 11.5. The average Bonchev–Trinajstić information content (AvgIpc) is 2.60. The van der Waals surface area contributed by atoms with Crippen LogP contribution in [0.25, 0.3) is 0 Å². The van der Waals surface area contributed by atoms with Gasteiger partial charge in [0.25, 0.3) is 11.6 Å². The number of hydrogen-bond acceptors (Lipinski definition) is 5. The van der Waals surface area contributed by atoms with Gasteiger partial charge < -0.3 is 5.43 Å². The molecule has 0 unspecified atom stereocenters. The van der Waals surface area contributed by atoms with E-state index in [1.807, 2.05) is 0 Å². The molecule has 0 bridgehead atoms. The maximum atomic E-state index is 12.1. The van der Waals surface area contributed by atoms with Crippen molar-refractivity contribution in [1.82, 2.24) is 10.9 Å². The third-order valence-corrected chi connectivity index (χ3v) is 3.12. The smallest absolute Gasteiger partial charge is 0.269 e. The molecule has 0 fully saturated rings. The molecule has 0 saturated heterocycles. The number of carbonyl (C=O) groups excluding carboxylic acids is 2. The first kappa shape index (κ1) is 16.9. The second kappa shape index (κ2) is 7.68. The predicted octanol–water partition coefficient (Wildman–Crippen LogP) is 2.62. The van der Waals surface area contributed by atoms with Gasteiger partial charge in [-0.2, -0.15) is 0 Å². The van der Waals surface area contributed by atoms with Crippen LogP contribution in [0.2, 0.25) is 0 Å². The van der Waals surface area contributed by atoms with Gasteiger partial charge in [0.05, 0.1) is 4.92 Å². The number of amides is 1. The van der Waals surface area contributed by atoms with Gasteiger partial charge in [0.2, 0.25) is 0 Å². The molecule has 122 valence electrons. The minimum absolute atomic E-state index is 0.0829. The number of allylic oxidation sites excluding steroid dienone is 2. The Hall–Kier alpha value is -3.48. The van der Waals surface area contributed by atoms with Crippen LogP contribution in [-0.4, -0.2) is 16.6 Å². The van der Waals surface area contributed by atoms with E-state index in [1.165, 1.54) is 30.3 Å². The van der Waals surface area contributed by atoms with E-state index in [4.69, 9.17) is 0 Å². The fraction of sp³-hybridized carbons (Fsp3) is 0.0588. The Morgan fingerprint density at radius 2 is 1.58 bits per heavy atom. The zero-order valence-corrected chi connectivity index (χ0v) is 12.9. The number of non-ortho nitro benzene ring substituents is 1. The maximum Gasteiger partial charge on any atom is 0.269 e. The molecule has 2 rings (SSSR count). The van der Waals surface area contributed by atoms with Crippen molar-refractivity contribution in [3.63, 3.8) is 0 Å². The molecule has 0 aliphatic heterocycles. The van der Waals surface area contributed by atoms with Gasteiger partial charge in [-0.15, -0.1) is 0 Å². The average molecular weight is 325 g/mol. The Morgan fingerprint density at radius 1 is 0.958 bits per heavy atom. The lowest BCUT2D eigenvalue weighted by Crippen LogP contribution is -2.36. The Morgan fingerprint density at radius 3 is 2.17 bits per heavy atom. The summed E-state index contributed by atoms with van der Waals surface area (Å²) in [5.74, 6) is -0.657. The standard InChI is InChI=1S/C17H15N3O4/c1-12(18-19-17(22)14-5-3-2-4-6-14)11-16(21)13-7-9-15(10-8-13)20(23)24/h2-11,18H,1H3,(H,19,22). The number of nitrogens with one attached hydrogen (secondary N) is 2. The van der Waals surface area contributed by atoms with Gasteiger partial charge in [-0.05, 0) is 31.2 Å². The number of nitro benzene ring substituents is 1. The van der Waals surface area contributed by atoms with Gasteiger partial charge in [-0.25, -0.2) is 0 Å². The molecule has 0 spiro atoms. The van der Waals surface area contributed by atoms with E-state index >= 15 is 0 Å². The summed E-state index contributed by atoms with van der Waals surface area (Å²) < 4.78 is 0. The van der Waals surface area contributed by atoms with Crippen molar-refractivity contribution in [2.24, 2.45) is 0 Å². The summed E-state index contributed by atoms with van der Waals surface area (Å²) in [6, 6.07) is 13.9. The lowest BCUT2D eigenvalue weighted by atomic mass is 10.1. The second-order valence-electron chi connectivity index (χ2n) is 4.94. The highest BCUT2D eigenvalue weighted by Crippen LogP contribution is 2.12. The van der Waals surface area contributed by atoms with E-state index in [1.54, 1.807) is 37.3 Å². The zero-order chi connectivity index (χ0) is 17.5. The van der Waals surface area contributed by atoms with Gasteiger partial charge in [0.15, 0.2) is 5.78 Å². The van der Waals surface area contributed by atoms with Gasteiger partial charge in [-0.3, -0.25) is 25.1 Å². The number of rotatable bonds is 6. The number of carbonyl (C=O) groups is 2. The third-order valence-electron chi connectivity index (χ3n) is 3.12. The largest absolute Gasteiger partial charge is 0.303 e. The van der Waals surface area contributed by atoms with Gasteiger partial charge >= 0.3 is 0 Å². The Bertz CT molecular complexity index is 783. The van der Waals surface area contributed by atoms with Gasteiger partial charge in [0.1, 0.15) is 0 Å². The van der Waals surface area contributed by atoms with Crippen molar-refractivity contribution in [1.29, 1.82) is 0 Å². The molecule has 2 N–H and O–H groups in total. The van der Waals surface area contributed by atoms with Crippen molar-refractivity contribution >= 4 is 17.4 Å². The van der Waals surface area contributed by atoms with E-state index in [9.17, 15) is 19.7 Å². The van der Waals surface area contributed by atoms with Crippen LogP contribution in [0.3, 0.4) is 0 Å². The molecule has 0 radical (unpaired) electrons. The highest BCUT2D eigenvalue weighted by Gasteiger charge is 2.08. The van der Waals surface area contributed by atoms with E-state index in [0.717, 1.165) is 0 Å². The molecular formula is C17H15N3O4. The molecule has 7 nitrogen and oxygen atoms in total. The van der Waals surface area contributed by atoms with Crippen molar-refractivity contribution in [2.45, 2.75) is 6.92 Å². The van der Waals surface area contributed by atoms with E-state index in [-0.39, 0.29) is 17.4 Å². The first-order valence-electron chi connectivity index (χ1n) is 7.06. The fourth-order valence-electron chi connectivity index (χ4n) is 1.88. The van der Waals surface area contributed by atoms with Crippen molar-refractivity contribution in [3.05, 3.63) is 87.6 Å². The lowest BCUT2D eigenvalue weighted by Gasteiger charge is -2.08. The van der Waals surface area contributed by atoms with Gasteiger partial charge in [0, 0.05) is 35.0 Å². The van der Waals surface area contributed by atoms with Crippen LogP contribution in [0.1, 0.15) is 27.6 Å². The van der Waals surface area contributed by atoms with Crippen molar-refractivity contribution < 1.29 is 14.5 Å². The highest BCUT2D eigenvalue weighted by atomic mass is 16.6. The minimum atomic E-state index is -0.532. The number of hydrazine groups is 1. The van der Waals surface area contributed by atoms with Crippen molar-refractivity contribution in [2.75, 3.05) is 0 Å². The highest BCUT2D eigenvalue weighted by molar-refractivity contribution is 6.05. The summed E-state index contributed by atoms with van der Waals surface area (Å²) in [7, 11) is 0. The Balaban J connectivity index is 1.96. The molecular weight excluding hydrogens is 310 g/mol. The molecule has 0 aliphatic rings. The first-order valence-corrected chi connectivity index (χ1v) is 7.06.